The summed E-state index contributed by atoms with van der Waals surface area (Å²) in [6, 6.07) is 5.69. The molecule has 5 nitrogen and oxygen atoms in total. The van der Waals surface area contributed by atoms with Crippen molar-refractivity contribution in [1.29, 1.82) is 0 Å². The van der Waals surface area contributed by atoms with E-state index in [1.165, 1.54) is 5.56 Å². The van der Waals surface area contributed by atoms with Crippen LogP contribution in [0.2, 0.25) is 0 Å². The first-order chi connectivity index (χ1) is 11.7. The van der Waals surface area contributed by atoms with Gasteiger partial charge in [-0.15, -0.1) is 0 Å². The zero-order valence-electron chi connectivity index (χ0n) is 15.3. The van der Waals surface area contributed by atoms with Crippen LogP contribution in [0.4, 0.5) is 0 Å². The molecule has 1 fully saturated rings. The van der Waals surface area contributed by atoms with E-state index < -0.39 is 9.84 Å². The fourth-order valence-electron chi connectivity index (χ4n) is 3.79. The number of hydrogen-bond acceptors (Lipinski definition) is 4. The first-order valence-corrected chi connectivity index (χ1v) is 10.6. The molecule has 0 spiro atoms. The van der Waals surface area contributed by atoms with Crippen LogP contribution in [0.15, 0.2) is 27.4 Å². The summed E-state index contributed by atoms with van der Waals surface area (Å²) < 4.78 is 28.9. The second-order valence-corrected chi connectivity index (χ2v) is 9.80. The number of nitrogens with one attached hydrogen (secondary N) is 1. The van der Waals surface area contributed by atoms with E-state index in [1.54, 1.807) is 6.07 Å². The molecule has 0 radical (unpaired) electrons. The number of benzene rings is 1. The van der Waals surface area contributed by atoms with Crippen LogP contribution in [0, 0.1) is 6.92 Å². The second-order valence-electron chi connectivity index (χ2n) is 7.57. The lowest BCUT2D eigenvalue weighted by atomic mass is 9.94. The Bertz CT molecular complexity index is 959. The first kappa shape index (κ1) is 18.1. The van der Waals surface area contributed by atoms with E-state index in [2.05, 4.69) is 19.9 Å². The summed E-state index contributed by atoms with van der Waals surface area (Å²) in [4.78, 5) is 13.1. The molecule has 0 bridgehead atoms. The van der Waals surface area contributed by atoms with E-state index in [0.29, 0.717) is 24.5 Å². The summed E-state index contributed by atoms with van der Waals surface area (Å²) in [7, 11) is -0.905. The molecule has 2 atom stereocenters. The van der Waals surface area contributed by atoms with Gasteiger partial charge in [0, 0.05) is 23.4 Å². The Kier molecular flexibility index (Phi) is 4.77. The minimum absolute atomic E-state index is 0.0855. The van der Waals surface area contributed by atoms with Crippen molar-refractivity contribution in [1.82, 2.24) is 0 Å². The molecular weight excluding hydrogens is 338 g/mol. The van der Waals surface area contributed by atoms with Gasteiger partial charge in [-0.05, 0) is 36.1 Å². The molecule has 25 heavy (non-hydrogen) atoms. The summed E-state index contributed by atoms with van der Waals surface area (Å²) in [5.41, 5.74) is 3.53. The molecule has 2 aromatic rings. The Balaban J connectivity index is 2.00. The number of sulfone groups is 1. The van der Waals surface area contributed by atoms with Crippen LogP contribution in [-0.4, -0.2) is 33.0 Å². The number of aryl methyl sites for hydroxylation is 1. The molecule has 6 heteroatoms. The normalized spacial score (nSPS) is 21.1. The Morgan fingerprint density at radius 2 is 2.00 bits per heavy atom. The van der Waals surface area contributed by atoms with Crippen molar-refractivity contribution in [3.8, 4) is 0 Å². The predicted molar refractivity (Wildman–Crippen MR) is 99.0 cm³/mol. The fourth-order valence-corrected chi connectivity index (χ4v) is 5.66. The van der Waals surface area contributed by atoms with Crippen LogP contribution < -0.4 is 10.5 Å². The molecule has 0 saturated carbocycles. The second kappa shape index (κ2) is 6.57. The van der Waals surface area contributed by atoms with E-state index >= 15 is 0 Å². The van der Waals surface area contributed by atoms with Crippen molar-refractivity contribution >= 4 is 20.8 Å². The third-order valence-corrected chi connectivity index (χ3v) is 7.01. The number of rotatable bonds is 4. The van der Waals surface area contributed by atoms with Crippen LogP contribution >= 0.6 is 0 Å². The van der Waals surface area contributed by atoms with Gasteiger partial charge in [-0.1, -0.05) is 13.8 Å². The SMILES string of the molecule is Cc1cc2oc(=O)cc(C[NH+](C)[C@@H]3CCS(=O)(=O)C3)c2cc1C(C)C. The van der Waals surface area contributed by atoms with Crippen LogP contribution in [0.1, 0.15) is 42.9 Å². The largest absolute Gasteiger partial charge is 0.423 e. The number of fused-ring (bicyclic) bond motifs is 1. The Morgan fingerprint density at radius 1 is 1.28 bits per heavy atom. The molecule has 1 unspecified atom stereocenters. The first-order valence-electron chi connectivity index (χ1n) is 8.76. The zero-order valence-corrected chi connectivity index (χ0v) is 16.1. The highest BCUT2D eigenvalue weighted by Gasteiger charge is 2.33. The van der Waals surface area contributed by atoms with Gasteiger partial charge in [-0.3, -0.25) is 0 Å². The van der Waals surface area contributed by atoms with Gasteiger partial charge in [0.15, 0.2) is 9.84 Å². The van der Waals surface area contributed by atoms with Crippen molar-refractivity contribution in [2.45, 2.75) is 45.7 Å². The molecule has 1 aromatic carbocycles. The molecule has 136 valence electrons. The molecule has 0 aliphatic carbocycles. The molecule has 1 aliphatic rings. The van der Waals surface area contributed by atoms with Gasteiger partial charge in [0.2, 0.25) is 0 Å². The monoisotopic (exact) mass is 364 g/mol. The lowest BCUT2D eigenvalue weighted by Gasteiger charge is -2.21. The highest BCUT2D eigenvalue weighted by molar-refractivity contribution is 7.91. The minimum atomic E-state index is -2.91. The Labute approximate surface area is 148 Å². The molecule has 2 heterocycles. The smallest absolute Gasteiger partial charge is 0.336 e. The molecule has 3 rings (SSSR count). The summed E-state index contributed by atoms with van der Waals surface area (Å²) in [6.07, 6.45) is 0.684. The van der Waals surface area contributed by atoms with Crippen LogP contribution in [0.3, 0.4) is 0 Å². The average molecular weight is 364 g/mol. The van der Waals surface area contributed by atoms with E-state index in [1.807, 2.05) is 20.0 Å². The van der Waals surface area contributed by atoms with Crippen molar-refractivity contribution in [2.75, 3.05) is 18.6 Å². The van der Waals surface area contributed by atoms with E-state index in [9.17, 15) is 13.2 Å². The average Bonchev–Trinajstić information content (AvgIpc) is 2.86. The summed E-state index contributed by atoms with van der Waals surface area (Å²) in [5, 5.41) is 0.953. The van der Waals surface area contributed by atoms with Crippen molar-refractivity contribution < 1.29 is 17.7 Å². The maximum absolute atomic E-state index is 12.0. The molecule has 1 aliphatic heterocycles. The van der Waals surface area contributed by atoms with Gasteiger partial charge in [-0.25, -0.2) is 13.2 Å². The number of quaternary nitrogens is 1. The van der Waals surface area contributed by atoms with Gasteiger partial charge in [0.1, 0.15) is 23.9 Å². The molecule has 1 N–H and O–H groups in total. The van der Waals surface area contributed by atoms with Crippen LogP contribution in [0.5, 0.6) is 0 Å². The standard InChI is InChI=1S/C19H25NO4S/c1-12(2)16-9-17-14(8-19(21)24-18(17)7-13(16)3)10-20(4)15-5-6-25(22,23)11-15/h7-9,12,15H,5-6,10-11H2,1-4H3/p+1/t15-/m1/s1. The van der Waals surface area contributed by atoms with Crippen LogP contribution in [0.25, 0.3) is 11.0 Å². The van der Waals surface area contributed by atoms with Gasteiger partial charge in [0.05, 0.1) is 12.8 Å². The lowest BCUT2D eigenvalue weighted by molar-refractivity contribution is -0.916. The fraction of sp³-hybridized carbons (Fsp3) is 0.526. The number of hydrogen-bond donors (Lipinski definition) is 1. The third-order valence-electron chi connectivity index (χ3n) is 5.24. The topological polar surface area (TPSA) is 68.8 Å². The highest BCUT2D eigenvalue weighted by atomic mass is 32.2. The van der Waals surface area contributed by atoms with Crippen molar-refractivity contribution in [2.24, 2.45) is 0 Å². The summed E-state index contributed by atoms with van der Waals surface area (Å²) in [6.45, 7) is 6.94. The maximum atomic E-state index is 12.0. The minimum Gasteiger partial charge on any atom is -0.423 e. The third kappa shape index (κ3) is 3.80. The van der Waals surface area contributed by atoms with Crippen LogP contribution in [-0.2, 0) is 16.4 Å². The quantitative estimate of drug-likeness (QED) is 0.834. The molecular formula is C19H26NO4S+. The summed E-state index contributed by atoms with van der Waals surface area (Å²) >= 11 is 0. The van der Waals surface area contributed by atoms with Gasteiger partial charge < -0.3 is 9.32 Å². The Morgan fingerprint density at radius 3 is 2.60 bits per heavy atom. The maximum Gasteiger partial charge on any atom is 0.336 e. The van der Waals surface area contributed by atoms with Crippen molar-refractivity contribution in [3.63, 3.8) is 0 Å². The predicted octanol–water partition coefficient (Wildman–Crippen LogP) is 1.43. The van der Waals surface area contributed by atoms with E-state index in [-0.39, 0.29) is 23.2 Å². The van der Waals surface area contributed by atoms with Gasteiger partial charge in [-0.2, -0.15) is 0 Å². The van der Waals surface area contributed by atoms with Gasteiger partial charge in [0.25, 0.3) is 0 Å². The lowest BCUT2D eigenvalue weighted by Crippen LogP contribution is -3.12. The molecule has 1 aromatic heterocycles. The van der Waals surface area contributed by atoms with E-state index in [4.69, 9.17) is 4.42 Å². The zero-order chi connectivity index (χ0) is 18.4. The van der Waals surface area contributed by atoms with E-state index in [0.717, 1.165) is 21.4 Å². The molecule has 0 amide bonds. The van der Waals surface area contributed by atoms with Crippen molar-refractivity contribution in [3.05, 3.63) is 45.3 Å². The molecule has 1 saturated heterocycles. The van der Waals surface area contributed by atoms with Gasteiger partial charge >= 0.3 is 5.63 Å². The summed E-state index contributed by atoms with van der Waals surface area (Å²) in [5.74, 6) is 0.881. The Hall–Kier alpha value is -1.66. The highest BCUT2D eigenvalue weighted by Crippen LogP contribution is 2.26.